The highest BCUT2D eigenvalue weighted by atomic mass is 35.5. The normalized spacial score (nSPS) is 11.4. The number of nitrogens with one attached hydrogen (secondary N) is 2. The Labute approximate surface area is 148 Å². The molecule has 124 valence electrons. The molecule has 2 aromatic carbocycles. The van der Waals surface area contributed by atoms with Crippen molar-refractivity contribution in [3.05, 3.63) is 64.7 Å². The van der Waals surface area contributed by atoms with Crippen molar-refractivity contribution in [2.75, 3.05) is 5.32 Å². The first kappa shape index (κ1) is 19.5. The zero-order valence-electron chi connectivity index (χ0n) is 13.3. The second kappa shape index (κ2) is 9.56. The highest BCUT2D eigenvalue weighted by Crippen LogP contribution is 2.17. The van der Waals surface area contributed by atoms with Gasteiger partial charge in [0, 0.05) is 29.7 Å². The molecule has 2 rings (SSSR count). The molecule has 0 aliphatic carbocycles. The predicted octanol–water partition coefficient (Wildman–Crippen LogP) is 4.96. The van der Waals surface area contributed by atoms with Gasteiger partial charge in [-0.2, -0.15) is 0 Å². The van der Waals surface area contributed by atoms with Gasteiger partial charge in [-0.3, -0.25) is 4.79 Å². The third-order valence-electron chi connectivity index (χ3n) is 3.54. The lowest BCUT2D eigenvalue weighted by Crippen LogP contribution is -2.18. The summed E-state index contributed by atoms with van der Waals surface area (Å²) >= 11 is 5.88. The number of carbonyl (C=O) groups excluding carboxylic acids is 1. The van der Waals surface area contributed by atoms with E-state index in [9.17, 15) is 4.79 Å². The fourth-order valence-corrected chi connectivity index (χ4v) is 2.22. The van der Waals surface area contributed by atoms with Gasteiger partial charge >= 0.3 is 0 Å². The van der Waals surface area contributed by atoms with E-state index in [1.54, 1.807) is 0 Å². The van der Waals surface area contributed by atoms with Gasteiger partial charge in [0.25, 0.3) is 0 Å². The summed E-state index contributed by atoms with van der Waals surface area (Å²) in [6, 6.07) is 16.0. The van der Waals surface area contributed by atoms with Gasteiger partial charge in [-0.05, 0) is 42.3 Å². The topological polar surface area (TPSA) is 41.1 Å². The largest absolute Gasteiger partial charge is 0.326 e. The van der Waals surface area contributed by atoms with Crippen LogP contribution in [0, 0.1) is 0 Å². The summed E-state index contributed by atoms with van der Waals surface area (Å²) in [7, 11) is 0. The molecule has 2 N–H and O–H groups in total. The van der Waals surface area contributed by atoms with E-state index in [-0.39, 0.29) is 24.4 Å². The third-order valence-corrected chi connectivity index (χ3v) is 3.79. The van der Waals surface area contributed by atoms with Crippen molar-refractivity contribution in [2.45, 2.75) is 32.9 Å². The Kier molecular flexibility index (Phi) is 8.10. The number of amides is 1. The lowest BCUT2D eigenvalue weighted by atomic mass is 10.1. The van der Waals surface area contributed by atoms with Crippen molar-refractivity contribution in [3.63, 3.8) is 0 Å². The minimum Gasteiger partial charge on any atom is -0.326 e. The van der Waals surface area contributed by atoms with E-state index in [0.717, 1.165) is 17.3 Å². The van der Waals surface area contributed by atoms with Crippen molar-refractivity contribution in [3.8, 4) is 0 Å². The van der Waals surface area contributed by atoms with Gasteiger partial charge in [0.2, 0.25) is 5.91 Å². The van der Waals surface area contributed by atoms with E-state index in [2.05, 4.69) is 17.6 Å². The number of hydrogen-bond donors (Lipinski definition) is 2. The molecule has 0 aliphatic rings. The Balaban J connectivity index is 0.00000264. The number of benzene rings is 2. The molecule has 0 saturated carbocycles. The van der Waals surface area contributed by atoms with Crippen molar-refractivity contribution in [1.82, 2.24) is 5.32 Å². The molecule has 0 saturated heterocycles. The Morgan fingerprint density at radius 1 is 1.09 bits per heavy atom. The maximum Gasteiger partial charge on any atom is 0.224 e. The maximum atomic E-state index is 11.4. The summed E-state index contributed by atoms with van der Waals surface area (Å²) in [6.45, 7) is 4.74. The average molecular weight is 353 g/mol. The number of hydrogen-bond acceptors (Lipinski definition) is 2. The molecule has 1 atom stereocenters. The molecule has 1 amide bonds. The molecular formula is C18H22Cl2N2O. The van der Waals surface area contributed by atoms with Crippen LogP contribution < -0.4 is 10.6 Å². The van der Waals surface area contributed by atoms with Crippen molar-refractivity contribution in [2.24, 2.45) is 0 Å². The Hall–Kier alpha value is -1.55. The molecule has 3 nitrogen and oxygen atoms in total. The Morgan fingerprint density at radius 2 is 1.70 bits per heavy atom. The van der Waals surface area contributed by atoms with Crippen LogP contribution in [0.25, 0.3) is 0 Å². The highest BCUT2D eigenvalue weighted by Gasteiger charge is 2.06. The molecule has 0 bridgehead atoms. The molecule has 0 heterocycles. The number of carbonyl (C=O) groups is 1. The standard InChI is InChI=1S/C18H21ClN2O.ClH/c1-3-18(22)21-17-10-6-15(7-11-17)13(2)20-12-14-4-8-16(19)9-5-14;/h4-11,13,20H,3,12H2,1-2H3,(H,21,22);1H. The van der Waals surface area contributed by atoms with Crippen LogP contribution in [0.3, 0.4) is 0 Å². The Morgan fingerprint density at radius 3 is 2.26 bits per heavy atom. The minimum atomic E-state index is 0. The van der Waals surface area contributed by atoms with Crippen LogP contribution in [0.2, 0.25) is 5.02 Å². The first-order valence-corrected chi connectivity index (χ1v) is 7.84. The second-order valence-corrected chi connectivity index (χ2v) is 5.69. The molecule has 2 aromatic rings. The molecule has 0 fully saturated rings. The minimum absolute atomic E-state index is 0. The second-order valence-electron chi connectivity index (χ2n) is 5.25. The molecule has 23 heavy (non-hydrogen) atoms. The van der Waals surface area contributed by atoms with Crippen LogP contribution in [0.5, 0.6) is 0 Å². The highest BCUT2D eigenvalue weighted by molar-refractivity contribution is 6.30. The molecule has 0 aromatic heterocycles. The lowest BCUT2D eigenvalue weighted by molar-refractivity contribution is -0.115. The monoisotopic (exact) mass is 352 g/mol. The van der Waals surface area contributed by atoms with Crippen LogP contribution >= 0.6 is 24.0 Å². The number of halogens is 2. The maximum absolute atomic E-state index is 11.4. The third kappa shape index (κ3) is 6.22. The predicted molar refractivity (Wildman–Crippen MR) is 99.3 cm³/mol. The fraction of sp³-hybridized carbons (Fsp3) is 0.278. The molecule has 0 spiro atoms. The van der Waals surface area contributed by atoms with Gasteiger partial charge in [-0.15, -0.1) is 12.4 Å². The smallest absolute Gasteiger partial charge is 0.224 e. The number of rotatable bonds is 6. The SMILES string of the molecule is CCC(=O)Nc1ccc(C(C)NCc2ccc(Cl)cc2)cc1.Cl. The van der Waals surface area contributed by atoms with Crippen LogP contribution in [-0.4, -0.2) is 5.91 Å². The van der Waals surface area contributed by atoms with Gasteiger partial charge in [0.05, 0.1) is 0 Å². The van der Waals surface area contributed by atoms with Crippen LogP contribution in [0.1, 0.15) is 37.4 Å². The van der Waals surface area contributed by atoms with Crippen LogP contribution in [0.4, 0.5) is 5.69 Å². The first-order valence-electron chi connectivity index (χ1n) is 7.46. The quantitative estimate of drug-likeness (QED) is 0.771. The van der Waals surface area contributed by atoms with E-state index in [1.165, 1.54) is 11.1 Å². The van der Waals surface area contributed by atoms with Gasteiger partial charge in [0.1, 0.15) is 0 Å². The van der Waals surface area contributed by atoms with Crippen LogP contribution in [-0.2, 0) is 11.3 Å². The van der Waals surface area contributed by atoms with Gasteiger partial charge in [-0.25, -0.2) is 0 Å². The summed E-state index contributed by atoms with van der Waals surface area (Å²) in [6.07, 6.45) is 0.487. The lowest BCUT2D eigenvalue weighted by Gasteiger charge is -2.15. The van der Waals surface area contributed by atoms with Gasteiger partial charge < -0.3 is 10.6 Å². The number of anilines is 1. The average Bonchev–Trinajstić information content (AvgIpc) is 2.54. The van der Waals surface area contributed by atoms with Crippen molar-refractivity contribution >= 4 is 35.6 Å². The molecule has 0 aliphatic heterocycles. The zero-order valence-corrected chi connectivity index (χ0v) is 14.9. The van der Waals surface area contributed by atoms with Gasteiger partial charge in [-0.1, -0.05) is 42.8 Å². The molecular weight excluding hydrogens is 331 g/mol. The van der Waals surface area contributed by atoms with E-state index in [1.807, 2.05) is 55.5 Å². The Bertz CT molecular complexity index is 612. The van der Waals surface area contributed by atoms with E-state index < -0.39 is 0 Å². The van der Waals surface area contributed by atoms with Crippen molar-refractivity contribution in [1.29, 1.82) is 0 Å². The van der Waals surface area contributed by atoms with Crippen molar-refractivity contribution < 1.29 is 4.79 Å². The molecule has 0 radical (unpaired) electrons. The summed E-state index contributed by atoms with van der Waals surface area (Å²) < 4.78 is 0. The summed E-state index contributed by atoms with van der Waals surface area (Å²) in [5.74, 6) is 0.0293. The first-order chi connectivity index (χ1) is 10.6. The van der Waals surface area contributed by atoms with Crippen LogP contribution in [0.15, 0.2) is 48.5 Å². The van der Waals surface area contributed by atoms with Gasteiger partial charge in [0.15, 0.2) is 0 Å². The fourth-order valence-electron chi connectivity index (χ4n) is 2.10. The van der Waals surface area contributed by atoms with E-state index >= 15 is 0 Å². The van der Waals surface area contributed by atoms with E-state index in [4.69, 9.17) is 11.6 Å². The molecule has 5 heteroatoms. The summed E-state index contributed by atoms with van der Waals surface area (Å²) in [5, 5.41) is 7.08. The zero-order chi connectivity index (χ0) is 15.9. The van der Waals surface area contributed by atoms with E-state index in [0.29, 0.717) is 6.42 Å². The molecule has 1 unspecified atom stereocenters. The summed E-state index contributed by atoms with van der Waals surface area (Å²) in [5.41, 5.74) is 3.21. The summed E-state index contributed by atoms with van der Waals surface area (Å²) in [4.78, 5) is 11.4.